The number of aryl methyl sites for hydroxylation is 1. The van der Waals surface area contributed by atoms with E-state index in [9.17, 15) is 19.5 Å². The number of hydrogen-bond donors (Lipinski definition) is 3. The molecule has 1 aliphatic rings. The number of benzene rings is 1. The van der Waals surface area contributed by atoms with Crippen LogP contribution in [0, 0.1) is 18.3 Å². The lowest BCUT2D eigenvalue weighted by molar-refractivity contribution is -0.144. The third-order valence-electron chi connectivity index (χ3n) is 6.22. The SMILES string of the molecule is Cc1ncoc1-c1ccc(CNC(=O)[C@@H]2C[C@@H](O)CN2C(=O)[C@@H](NC(=O)C(C)C)C(C)(C)C)cc1. The van der Waals surface area contributed by atoms with Crippen LogP contribution >= 0.6 is 0 Å². The standard InChI is InChI=1S/C26H36N4O5/c1-15(2)23(32)29-22(26(4,5)6)25(34)30-13-19(31)11-20(30)24(33)27-12-17-7-9-18(10-8-17)21-16(3)28-14-35-21/h7-10,14-15,19-20,22,31H,11-13H2,1-6H3,(H,27,33)(H,29,32)/t19-,20+,22-/m1/s1. The van der Waals surface area contributed by atoms with Gasteiger partial charge in [-0.1, -0.05) is 58.9 Å². The quantitative estimate of drug-likeness (QED) is 0.554. The zero-order chi connectivity index (χ0) is 25.9. The van der Waals surface area contributed by atoms with Crippen molar-refractivity contribution in [2.75, 3.05) is 6.54 Å². The van der Waals surface area contributed by atoms with Crippen molar-refractivity contribution in [3.05, 3.63) is 41.9 Å². The minimum atomic E-state index is -0.815. The Hall–Kier alpha value is -3.20. The second kappa shape index (κ2) is 10.6. The number of oxazole rings is 1. The molecule has 3 atom stereocenters. The molecule has 190 valence electrons. The van der Waals surface area contributed by atoms with Gasteiger partial charge in [0.25, 0.3) is 0 Å². The molecule has 9 heteroatoms. The third-order valence-corrected chi connectivity index (χ3v) is 6.22. The van der Waals surface area contributed by atoms with Crippen LogP contribution in [0.4, 0.5) is 0 Å². The van der Waals surface area contributed by atoms with Crippen LogP contribution in [0.2, 0.25) is 0 Å². The molecule has 3 amide bonds. The van der Waals surface area contributed by atoms with Crippen molar-refractivity contribution in [2.24, 2.45) is 11.3 Å². The molecule has 0 radical (unpaired) electrons. The summed E-state index contributed by atoms with van der Waals surface area (Å²) in [5, 5.41) is 16.0. The monoisotopic (exact) mass is 484 g/mol. The van der Waals surface area contributed by atoms with Crippen molar-refractivity contribution in [2.45, 2.75) is 72.7 Å². The van der Waals surface area contributed by atoms with Gasteiger partial charge in [-0.3, -0.25) is 14.4 Å². The molecule has 1 aromatic carbocycles. The molecule has 1 fully saturated rings. The Morgan fingerprint density at radius 1 is 1.20 bits per heavy atom. The highest BCUT2D eigenvalue weighted by molar-refractivity contribution is 5.93. The van der Waals surface area contributed by atoms with Gasteiger partial charge in [-0.2, -0.15) is 0 Å². The predicted molar refractivity (Wildman–Crippen MR) is 131 cm³/mol. The summed E-state index contributed by atoms with van der Waals surface area (Å²) in [6, 6.07) is 5.95. The predicted octanol–water partition coefficient (Wildman–Crippen LogP) is 2.41. The molecule has 35 heavy (non-hydrogen) atoms. The lowest BCUT2D eigenvalue weighted by atomic mass is 9.85. The minimum Gasteiger partial charge on any atom is -0.443 e. The Bertz CT molecular complexity index is 1050. The molecule has 0 unspecified atom stereocenters. The summed E-state index contributed by atoms with van der Waals surface area (Å²) in [6.07, 6.45) is 0.747. The van der Waals surface area contributed by atoms with E-state index in [1.54, 1.807) is 13.8 Å². The van der Waals surface area contributed by atoms with E-state index >= 15 is 0 Å². The number of hydrogen-bond acceptors (Lipinski definition) is 6. The molecule has 1 aromatic heterocycles. The molecule has 1 saturated heterocycles. The summed E-state index contributed by atoms with van der Waals surface area (Å²) in [4.78, 5) is 44.4. The van der Waals surface area contributed by atoms with Crippen LogP contribution in [-0.2, 0) is 20.9 Å². The van der Waals surface area contributed by atoms with Crippen molar-refractivity contribution < 1.29 is 23.9 Å². The van der Waals surface area contributed by atoms with Gasteiger partial charge in [0.2, 0.25) is 17.7 Å². The summed E-state index contributed by atoms with van der Waals surface area (Å²) in [5.74, 6) is -0.520. The van der Waals surface area contributed by atoms with Gasteiger partial charge in [-0.25, -0.2) is 4.98 Å². The molecule has 2 heterocycles. The molecule has 0 aliphatic carbocycles. The van der Waals surface area contributed by atoms with Gasteiger partial charge < -0.3 is 25.1 Å². The first-order valence-corrected chi connectivity index (χ1v) is 11.9. The fourth-order valence-electron chi connectivity index (χ4n) is 4.09. The number of likely N-dealkylation sites (tertiary alicyclic amines) is 1. The van der Waals surface area contributed by atoms with E-state index in [1.165, 1.54) is 11.3 Å². The first-order chi connectivity index (χ1) is 16.4. The summed E-state index contributed by atoms with van der Waals surface area (Å²) < 4.78 is 5.41. The van der Waals surface area contributed by atoms with E-state index in [1.807, 2.05) is 52.0 Å². The number of aliphatic hydroxyl groups excluding tert-OH is 1. The van der Waals surface area contributed by atoms with Gasteiger partial charge in [-0.05, 0) is 17.9 Å². The Morgan fingerprint density at radius 2 is 1.86 bits per heavy atom. The first-order valence-electron chi connectivity index (χ1n) is 11.9. The van der Waals surface area contributed by atoms with Crippen LogP contribution < -0.4 is 10.6 Å². The van der Waals surface area contributed by atoms with Crippen LogP contribution in [0.25, 0.3) is 11.3 Å². The number of carbonyl (C=O) groups is 3. The maximum atomic E-state index is 13.5. The second-order valence-corrected chi connectivity index (χ2v) is 10.5. The average Bonchev–Trinajstić information content (AvgIpc) is 3.40. The number of nitrogens with one attached hydrogen (secondary N) is 2. The molecular weight excluding hydrogens is 448 g/mol. The summed E-state index contributed by atoms with van der Waals surface area (Å²) >= 11 is 0. The average molecular weight is 485 g/mol. The van der Waals surface area contributed by atoms with Crippen LogP contribution in [-0.4, -0.2) is 57.4 Å². The summed E-state index contributed by atoms with van der Waals surface area (Å²) in [7, 11) is 0. The first kappa shape index (κ1) is 26.4. The highest BCUT2D eigenvalue weighted by Crippen LogP contribution is 2.27. The van der Waals surface area contributed by atoms with E-state index in [4.69, 9.17) is 4.42 Å². The molecule has 0 saturated carbocycles. The van der Waals surface area contributed by atoms with Gasteiger partial charge in [-0.15, -0.1) is 0 Å². The highest BCUT2D eigenvalue weighted by atomic mass is 16.3. The van der Waals surface area contributed by atoms with Gasteiger partial charge >= 0.3 is 0 Å². The Balaban J connectivity index is 1.68. The largest absolute Gasteiger partial charge is 0.443 e. The molecule has 3 rings (SSSR count). The second-order valence-electron chi connectivity index (χ2n) is 10.5. The maximum absolute atomic E-state index is 13.5. The zero-order valence-electron chi connectivity index (χ0n) is 21.3. The molecule has 2 aromatic rings. The number of aliphatic hydroxyl groups is 1. The van der Waals surface area contributed by atoms with Gasteiger partial charge in [0.15, 0.2) is 12.2 Å². The fraction of sp³-hybridized carbons (Fsp3) is 0.538. The van der Waals surface area contributed by atoms with Crippen molar-refractivity contribution in [3.63, 3.8) is 0 Å². The summed E-state index contributed by atoms with van der Waals surface area (Å²) in [6.45, 7) is 11.3. The zero-order valence-corrected chi connectivity index (χ0v) is 21.3. The number of aromatic nitrogens is 1. The number of rotatable bonds is 7. The number of amides is 3. The minimum absolute atomic E-state index is 0.0479. The van der Waals surface area contributed by atoms with Crippen molar-refractivity contribution in [1.82, 2.24) is 20.5 Å². The van der Waals surface area contributed by atoms with E-state index in [0.29, 0.717) is 5.76 Å². The van der Waals surface area contributed by atoms with Crippen molar-refractivity contribution in [3.8, 4) is 11.3 Å². The molecular formula is C26H36N4O5. The maximum Gasteiger partial charge on any atom is 0.246 e. The van der Waals surface area contributed by atoms with Gasteiger partial charge in [0, 0.05) is 31.0 Å². The lowest BCUT2D eigenvalue weighted by Crippen LogP contribution is -2.58. The Morgan fingerprint density at radius 3 is 2.40 bits per heavy atom. The van der Waals surface area contributed by atoms with Crippen molar-refractivity contribution >= 4 is 17.7 Å². The Labute approximate surface area is 206 Å². The molecule has 3 N–H and O–H groups in total. The fourth-order valence-corrected chi connectivity index (χ4v) is 4.09. The third kappa shape index (κ3) is 6.28. The Kier molecular flexibility index (Phi) is 8.00. The normalized spacial score (nSPS) is 19.0. The van der Waals surface area contributed by atoms with Gasteiger partial charge in [0.1, 0.15) is 12.1 Å². The molecule has 9 nitrogen and oxygen atoms in total. The topological polar surface area (TPSA) is 125 Å². The molecule has 0 spiro atoms. The van der Waals surface area contributed by atoms with Crippen LogP contribution in [0.15, 0.2) is 35.1 Å². The number of β-amino-alcohol motifs (C(OH)–C–C–N with tert-alkyl or cyclic N) is 1. The summed E-state index contributed by atoms with van der Waals surface area (Å²) in [5.41, 5.74) is 2.00. The van der Waals surface area contributed by atoms with Crippen LogP contribution in [0.5, 0.6) is 0 Å². The highest BCUT2D eigenvalue weighted by Gasteiger charge is 2.44. The molecule has 1 aliphatic heterocycles. The van der Waals surface area contributed by atoms with E-state index in [-0.39, 0.29) is 43.1 Å². The van der Waals surface area contributed by atoms with Gasteiger partial charge in [0.05, 0.1) is 11.8 Å². The van der Waals surface area contributed by atoms with E-state index < -0.39 is 23.6 Å². The molecule has 0 bridgehead atoms. The van der Waals surface area contributed by atoms with Crippen LogP contribution in [0.3, 0.4) is 0 Å². The van der Waals surface area contributed by atoms with E-state index in [2.05, 4.69) is 15.6 Å². The number of carbonyl (C=O) groups excluding carboxylic acids is 3. The smallest absolute Gasteiger partial charge is 0.246 e. The number of nitrogens with zero attached hydrogens (tertiary/aromatic N) is 2. The van der Waals surface area contributed by atoms with Crippen LogP contribution in [0.1, 0.15) is 52.3 Å². The lowest BCUT2D eigenvalue weighted by Gasteiger charge is -2.35. The van der Waals surface area contributed by atoms with E-state index in [0.717, 1.165) is 16.8 Å². The van der Waals surface area contributed by atoms with Crippen molar-refractivity contribution in [1.29, 1.82) is 0 Å².